The van der Waals surface area contributed by atoms with E-state index >= 15 is 0 Å². The lowest BCUT2D eigenvalue weighted by Crippen LogP contribution is -2.42. The van der Waals surface area contributed by atoms with Gasteiger partial charge in [0.2, 0.25) is 5.91 Å². The molecule has 1 aliphatic carbocycles. The first-order valence-electron chi connectivity index (χ1n) is 6.94. The molecule has 5 heteroatoms. The van der Waals surface area contributed by atoms with Crippen LogP contribution in [0.3, 0.4) is 0 Å². The summed E-state index contributed by atoms with van der Waals surface area (Å²) in [6.07, 6.45) is 3.85. The molecule has 1 aromatic rings. The van der Waals surface area contributed by atoms with Crippen molar-refractivity contribution >= 4 is 34.2 Å². The second kappa shape index (κ2) is 6.87. The van der Waals surface area contributed by atoms with Crippen molar-refractivity contribution in [2.45, 2.75) is 31.3 Å². The summed E-state index contributed by atoms with van der Waals surface area (Å²) in [6, 6.07) is 7.70. The molecule has 0 saturated heterocycles. The molecule has 0 bridgehead atoms. The highest BCUT2D eigenvalue weighted by atomic mass is 127. The Hall–Kier alpha value is -0.660. The lowest BCUT2D eigenvalue weighted by molar-refractivity contribution is -0.117. The van der Waals surface area contributed by atoms with Crippen LogP contribution < -0.4 is 5.32 Å². The van der Waals surface area contributed by atoms with Gasteiger partial charge in [-0.2, -0.15) is 0 Å². The van der Waals surface area contributed by atoms with E-state index in [2.05, 4.69) is 27.9 Å². The maximum absolute atomic E-state index is 12.0. The third-order valence-corrected chi connectivity index (χ3v) is 4.60. The summed E-state index contributed by atoms with van der Waals surface area (Å²) in [5.74, 6) is -0.0433. The second-order valence-corrected chi connectivity index (χ2v) is 6.79. The van der Waals surface area contributed by atoms with Gasteiger partial charge in [-0.1, -0.05) is 25.0 Å². The Morgan fingerprint density at radius 3 is 2.70 bits per heavy atom. The third-order valence-electron chi connectivity index (χ3n) is 3.66. The van der Waals surface area contributed by atoms with Gasteiger partial charge in [0.25, 0.3) is 0 Å². The molecule has 1 amide bonds. The number of amides is 1. The predicted molar refractivity (Wildman–Crippen MR) is 88.7 cm³/mol. The highest BCUT2D eigenvalue weighted by molar-refractivity contribution is 14.1. The summed E-state index contributed by atoms with van der Waals surface area (Å²) in [5.41, 5.74) is 0.238. The van der Waals surface area contributed by atoms with Gasteiger partial charge >= 0.3 is 0 Å². The third kappa shape index (κ3) is 4.43. The monoisotopic (exact) mass is 388 g/mol. The van der Waals surface area contributed by atoms with E-state index in [-0.39, 0.29) is 5.91 Å². The zero-order chi connectivity index (χ0) is 14.6. The van der Waals surface area contributed by atoms with Crippen molar-refractivity contribution in [3.05, 3.63) is 27.8 Å². The number of carbonyl (C=O) groups excluding carboxylic acids is 1. The van der Waals surface area contributed by atoms with Gasteiger partial charge in [0.05, 0.1) is 17.8 Å². The zero-order valence-corrected chi connectivity index (χ0v) is 13.9. The fourth-order valence-corrected chi connectivity index (χ4v) is 3.27. The molecule has 20 heavy (non-hydrogen) atoms. The molecule has 2 N–H and O–H groups in total. The minimum absolute atomic E-state index is 0.0433. The van der Waals surface area contributed by atoms with Crippen LogP contribution in [0.2, 0.25) is 0 Å². The first kappa shape index (κ1) is 15.7. The quantitative estimate of drug-likeness (QED) is 0.763. The molecular weight excluding hydrogens is 367 g/mol. The molecule has 1 saturated carbocycles. The maximum atomic E-state index is 12.0. The van der Waals surface area contributed by atoms with E-state index in [1.54, 1.807) is 0 Å². The molecule has 0 atom stereocenters. The lowest BCUT2D eigenvalue weighted by Gasteiger charge is -2.28. The van der Waals surface area contributed by atoms with Crippen molar-refractivity contribution in [3.8, 4) is 0 Å². The van der Waals surface area contributed by atoms with Crippen LogP contribution in [-0.4, -0.2) is 41.7 Å². The second-order valence-electron chi connectivity index (χ2n) is 5.63. The van der Waals surface area contributed by atoms with Crippen LogP contribution in [-0.2, 0) is 4.79 Å². The predicted octanol–water partition coefficient (Wildman–Crippen LogP) is 2.47. The molecule has 0 aliphatic heterocycles. The molecule has 4 nitrogen and oxygen atoms in total. The summed E-state index contributed by atoms with van der Waals surface area (Å²) in [6.45, 7) is 0.861. The number of para-hydroxylation sites is 1. The Bertz CT molecular complexity index is 473. The standard InChI is InChI=1S/C15H21IN2O2/c1-18(11-15(20)8-4-5-9-15)10-14(19)17-13-7-3-2-6-12(13)16/h2-3,6-7,20H,4-5,8-11H2,1H3,(H,17,19). The molecular formula is C15H21IN2O2. The smallest absolute Gasteiger partial charge is 0.238 e. The van der Waals surface area contributed by atoms with E-state index in [0.717, 1.165) is 34.9 Å². The highest BCUT2D eigenvalue weighted by Gasteiger charge is 2.32. The van der Waals surface area contributed by atoms with E-state index in [0.29, 0.717) is 13.1 Å². The fraction of sp³-hybridized carbons (Fsp3) is 0.533. The van der Waals surface area contributed by atoms with E-state index in [4.69, 9.17) is 0 Å². The summed E-state index contributed by atoms with van der Waals surface area (Å²) >= 11 is 2.20. The van der Waals surface area contributed by atoms with Crippen LogP contribution in [0.15, 0.2) is 24.3 Å². The van der Waals surface area contributed by atoms with Crippen molar-refractivity contribution in [1.29, 1.82) is 0 Å². The number of aliphatic hydroxyl groups is 1. The van der Waals surface area contributed by atoms with Crippen molar-refractivity contribution in [1.82, 2.24) is 4.90 Å². The van der Waals surface area contributed by atoms with Crippen molar-refractivity contribution < 1.29 is 9.90 Å². The summed E-state index contributed by atoms with van der Waals surface area (Å²) < 4.78 is 1.02. The van der Waals surface area contributed by atoms with Gasteiger partial charge in [0.15, 0.2) is 0 Å². The number of anilines is 1. The van der Waals surface area contributed by atoms with Gasteiger partial charge in [-0.05, 0) is 54.6 Å². The van der Waals surface area contributed by atoms with Gasteiger partial charge in [-0.25, -0.2) is 0 Å². The van der Waals surface area contributed by atoms with Gasteiger partial charge in [-0.3, -0.25) is 9.69 Å². The molecule has 0 radical (unpaired) electrons. The zero-order valence-electron chi connectivity index (χ0n) is 11.7. The molecule has 2 rings (SSSR count). The van der Waals surface area contributed by atoms with Gasteiger partial charge in [0, 0.05) is 10.1 Å². The first-order chi connectivity index (χ1) is 9.48. The summed E-state index contributed by atoms with van der Waals surface area (Å²) in [5, 5.41) is 13.2. The van der Waals surface area contributed by atoms with Crippen LogP contribution in [0.4, 0.5) is 5.69 Å². The Morgan fingerprint density at radius 1 is 1.40 bits per heavy atom. The maximum Gasteiger partial charge on any atom is 0.238 e. The Labute approximate surface area is 133 Å². The summed E-state index contributed by atoms with van der Waals surface area (Å²) in [7, 11) is 1.88. The number of nitrogens with zero attached hydrogens (tertiary/aromatic N) is 1. The number of rotatable bonds is 5. The first-order valence-corrected chi connectivity index (χ1v) is 8.02. The molecule has 1 fully saturated rings. The number of carbonyl (C=O) groups is 1. The molecule has 0 spiro atoms. The van der Waals surface area contributed by atoms with Gasteiger partial charge in [0.1, 0.15) is 0 Å². The Morgan fingerprint density at radius 2 is 2.05 bits per heavy atom. The Kier molecular flexibility index (Phi) is 5.40. The molecule has 110 valence electrons. The number of hydrogen-bond acceptors (Lipinski definition) is 3. The number of hydrogen-bond donors (Lipinski definition) is 2. The van der Waals surface area contributed by atoms with Crippen molar-refractivity contribution in [2.75, 3.05) is 25.5 Å². The van der Waals surface area contributed by atoms with E-state index < -0.39 is 5.60 Å². The van der Waals surface area contributed by atoms with Gasteiger partial charge < -0.3 is 10.4 Å². The fourth-order valence-electron chi connectivity index (χ4n) is 2.75. The lowest BCUT2D eigenvalue weighted by atomic mass is 10.0. The topological polar surface area (TPSA) is 52.6 Å². The van der Waals surface area contributed by atoms with E-state index in [1.165, 1.54) is 0 Å². The molecule has 1 aliphatic rings. The summed E-state index contributed by atoms with van der Waals surface area (Å²) in [4.78, 5) is 13.9. The van der Waals surface area contributed by atoms with Crippen molar-refractivity contribution in [2.24, 2.45) is 0 Å². The largest absolute Gasteiger partial charge is 0.389 e. The average Bonchev–Trinajstić information content (AvgIpc) is 2.78. The number of nitrogens with one attached hydrogen (secondary N) is 1. The number of halogens is 1. The van der Waals surface area contributed by atoms with Crippen LogP contribution in [0.5, 0.6) is 0 Å². The minimum atomic E-state index is -0.601. The Balaban J connectivity index is 1.83. The minimum Gasteiger partial charge on any atom is -0.389 e. The van der Waals surface area contributed by atoms with Crippen molar-refractivity contribution in [3.63, 3.8) is 0 Å². The van der Waals surface area contributed by atoms with E-state index in [1.807, 2.05) is 36.2 Å². The number of likely N-dealkylation sites (N-methyl/N-ethyl adjacent to an activating group) is 1. The van der Waals surface area contributed by atoms with Crippen LogP contribution >= 0.6 is 22.6 Å². The van der Waals surface area contributed by atoms with Gasteiger partial charge in [-0.15, -0.1) is 0 Å². The van der Waals surface area contributed by atoms with Crippen LogP contribution in [0.1, 0.15) is 25.7 Å². The van der Waals surface area contributed by atoms with Crippen LogP contribution in [0.25, 0.3) is 0 Å². The molecule has 1 aromatic carbocycles. The molecule has 0 unspecified atom stereocenters. The normalized spacial score (nSPS) is 17.4. The molecule has 0 aromatic heterocycles. The van der Waals surface area contributed by atoms with Crippen LogP contribution in [0, 0.1) is 3.57 Å². The van der Waals surface area contributed by atoms with E-state index in [9.17, 15) is 9.90 Å². The molecule has 0 heterocycles. The highest BCUT2D eigenvalue weighted by Crippen LogP contribution is 2.29. The SMILES string of the molecule is CN(CC(=O)Nc1ccccc1I)CC1(O)CCCC1. The number of benzene rings is 1. The average molecular weight is 388 g/mol.